The molecular weight excluding hydrogens is 379 g/mol. The predicted molar refractivity (Wildman–Crippen MR) is 98.0 cm³/mol. The van der Waals surface area contributed by atoms with Gasteiger partial charge >= 0.3 is 6.03 Å². The van der Waals surface area contributed by atoms with Gasteiger partial charge in [0.05, 0.1) is 29.4 Å². The van der Waals surface area contributed by atoms with Gasteiger partial charge in [-0.25, -0.2) is 4.79 Å². The molecule has 1 heterocycles. The highest BCUT2D eigenvalue weighted by molar-refractivity contribution is 6.42. The third-order valence-electron chi connectivity index (χ3n) is 3.44. The number of urea groups is 1. The van der Waals surface area contributed by atoms with Crippen LogP contribution in [0.25, 0.3) is 5.69 Å². The van der Waals surface area contributed by atoms with E-state index >= 15 is 0 Å². The number of carbonyl (C=O) groups is 1. The van der Waals surface area contributed by atoms with Crippen molar-refractivity contribution in [1.29, 1.82) is 0 Å². The molecule has 134 valence electrons. The summed E-state index contributed by atoms with van der Waals surface area (Å²) in [6.07, 6.45) is 0. The van der Waals surface area contributed by atoms with Crippen molar-refractivity contribution in [1.82, 2.24) is 25.5 Å². The summed E-state index contributed by atoms with van der Waals surface area (Å²) in [6.45, 7) is 0.131. The Morgan fingerprint density at radius 3 is 2.62 bits per heavy atom. The first-order valence-electron chi connectivity index (χ1n) is 7.48. The molecule has 0 aliphatic heterocycles. The van der Waals surface area contributed by atoms with Gasteiger partial charge in [-0.15, -0.1) is 5.10 Å². The summed E-state index contributed by atoms with van der Waals surface area (Å²) in [6, 6.07) is 11.6. The SMILES string of the molecule is COc1ccc(-n2nnnc2CNC(=O)Nc2ccc(Cl)c(Cl)c2)cc1. The highest BCUT2D eigenvalue weighted by Gasteiger charge is 2.10. The lowest BCUT2D eigenvalue weighted by Crippen LogP contribution is -2.29. The fourth-order valence-electron chi connectivity index (χ4n) is 2.15. The maximum atomic E-state index is 12.0. The van der Waals surface area contributed by atoms with Crippen molar-refractivity contribution in [3.63, 3.8) is 0 Å². The minimum Gasteiger partial charge on any atom is -0.497 e. The molecule has 0 bridgehead atoms. The number of ether oxygens (including phenoxy) is 1. The molecule has 0 spiro atoms. The van der Waals surface area contributed by atoms with Crippen molar-refractivity contribution in [3.8, 4) is 11.4 Å². The number of rotatable bonds is 5. The number of carbonyl (C=O) groups excluding carboxylic acids is 1. The molecule has 26 heavy (non-hydrogen) atoms. The van der Waals surface area contributed by atoms with Crippen LogP contribution in [0.15, 0.2) is 42.5 Å². The van der Waals surface area contributed by atoms with E-state index in [0.717, 1.165) is 11.4 Å². The zero-order valence-corrected chi connectivity index (χ0v) is 15.1. The van der Waals surface area contributed by atoms with Crippen LogP contribution in [0.4, 0.5) is 10.5 Å². The van der Waals surface area contributed by atoms with Crippen molar-refractivity contribution < 1.29 is 9.53 Å². The molecule has 0 fully saturated rings. The molecular formula is C16H14Cl2N6O2. The van der Waals surface area contributed by atoms with E-state index in [4.69, 9.17) is 27.9 Å². The van der Waals surface area contributed by atoms with Crippen LogP contribution in [-0.2, 0) is 6.54 Å². The Balaban J connectivity index is 1.63. The second-order valence-corrected chi connectivity index (χ2v) is 5.96. The van der Waals surface area contributed by atoms with Gasteiger partial charge in [-0.05, 0) is 52.9 Å². The third-order valence-corrected chi connectivity index (χ3v) is 4.17. The number of nitrogens with one attached hydrogen (secondary N) is 2. The second-order valence-electron chi connectivity index (χ2n) is 5.14. The molecule has 2 amide bonds. The van der Waals surface area contributed by atoms with Crippen molar-refractivity contribution in [2.75, 3.05) is 12.4 Å². The maximum Gasteiger partial charge on any atom is 0.319 e. The summed E-state index contributed by atoms with van der Waals surface area (Å²) < 4.78 is 6.65. The molecule has 3 aromatic rings. The van der Waals surface area contributed by atoms with Gasteiger partial charge in [-0.2, -0.15) is 4.68 Å². The first kappa shape index (κ1) is 18.0. The van der Waals surface area contributed by atoms with Crippen molar-refractivity contribution in [3.05, 3.63) is 58.3 Å². The highest BCUT2D eigenvalue weighted by atomic mass is 35.5. The maximum absolute atomic E-state index is 12.0. The van der Waals surface area contributed by atoms with E-state index < -0.39 is 6.03 Å². The molecule has 0 unspecified atom stereocenters. The molecule has 1 aromatic heterocycles. The lowest BCUT2D eigenvalue weighted by molar-refractivity contribution is 0.251. The van der Waals surface area contributed by atoms with E-state index in [-0.39, 0.29) is 6.54 Å². The summed E-state index contributed by atoms with van der Waals surface area (Å²) >= 11 is 11.8. The molecule has 2 aromatic carbocycles. The second kappa shape index (κ2) is 8.03. The molecule has 0 saturated heterocycles. The van der Waals surface area contributed by atoms with Crippen LogP contribution < -0.4 is 15.4 Å². The Labute approximate surface area is 159 Å². The smallest absolute Gasteiger partial charge is 0.319 e. The number of tetrazole rings is 1. The molecule has 0 saturated carbocycles. The van der Waals surface area contributed by atoms with Gasteiger partial charge in [0.25, 0.3) is 0 Å². The minimum absolute atomic E-state index is 0.131. The average Bonchev–Trinajstić information content (AvgIpc) is 3.12. The van der Waals surface area contributed by atoms with E-state index in [1.165, 1.54) is 4.68 Å². The van der Waals surface area contributed by atoms with Gasteiger partial charge < -0.3 is 15.4 Å². The quantitative estimate of drug-likeness (QED) is 0.694. The van der Waals surface area contributed by atoms with Crippen LogP contribution in [0.5, 0.6) is 5.75 Å². The number of anilines is 1. The monoisotopic (exact) mass is 392 g/mol. The Hall–Kier alpha value is -2.84. The number of nitrogens with zero attached hydrogens (tertiary/aromatic N) is 4. The van der Waals surface area contributed by atoms with E-state index in [2.05, 4.69) is 26.2 Å². The van der Waals surface area contributed by atoms with E-state index in [0.29, 0.717) is 21.6 Å². The summed E-state index contributed by atoms with van der Waals surface area (Å²) in [5.74, 6) is 1.20. The predicted octanol–water partition coefficient (Wildman–Crippen LogP) is 3.30. The van der Waals surface area contributed by atoms with Crippen LogP contribution in [0, 0.1) is 0 Å². The topological polar surface area (TPSA) is 94.0 Å². The van der Waals surface area contributed by atoms with Gasteiger partial charge in [0.1, 0.15) is 5.75 Å². The highest BCUT2D eigenvalue weighted by Crippen LogP contribution is 2.24. The number of halogens is 2. The third kappa shape index (κ3) is 4.22. The van der Waals surface area contributed by atoms with Gasteiger partial charge in [-0.1, -0.05) is 23.2 Å². The molecule has 0 atom stereocenters. The van der Waals surface area contributed by atoms with Crippen molar-refractivity contribution in [2.24, 2.45) is 0 Å². The first-order chi connectivity index (χ1) is 12.6. The van der Waals surface area contributed by atoms with Gasteiger partial charge in [-0.3, -0.25) is 0 Å². The Morgan fingerprint density at radius 2 is 1.92 bits per heavy atom. The van der Waals surface area contributed by atoms with Crippen LogP contribution in [0.2, 0.25) is 10.0 Å². The lowest BCUT2D eigenvalue weighted by Gasteiger charge is -2.09. The summed E-state index contributed by atoms with van der Waals surface area (Å²) in [7, 11) is 1.59. The number of amides is 2. The summed E-state index contributed by atoms with van der Waals surface area (Å²) in [5, 5.41) is 17.6. The summed E-state index contributed by atoms with van der Waals surface area (Å²) in [4.78, 5) is 12.0. The minimum atomic E-state index is -0.423. The zero-order chi connectivity index (χ0) is 18.5. The largest absolute Gasteiger partial charge is 0.497 e. The number of benzene rings is 2. The fourth-order valence-corrected chi connectivity index (χ4v) is 2.45. The van der Waals surface area contributed by atoms with Crippen LogP contribution in [-0.4, -0.2) is 33.3 Å². The van der Waals surface area contributed by atoms with Crippen LogP contribution in [0.1, 0.15) is 5.82 Å². The standard InChI is InChI=1S/C16H14Cl2N6O2/c1-26-12-5-3-11(4-6-12)24-15(21-22-23-24)9-19-16(25)20-10-2-7-13(17)14(18)8-10/h2-8H,9H2,1H3,(H2,19,20,25). The van der Waals surface area contributed by atoms with Crippen molar-refractivity contribution >= 4 is 34.9 Å². The van der Waals surface area contributed by atoms with Crippen LogP contribution >= 0.6 is 23.2 Å². The number of aromatic nitrogens is 4. The van der Waals surface area contributed by atoms with Gasteiger partial charge in [0, 0.05) is 5.69 Å². The van der Waals surface area contributed by atoms with E-state index in [9.17, 15) is 4.79 Å². The lowest BCUT2D eigenvalue weighted by atomic mass is 10.3. The zero-order valence-electron chi connectivity index (χ0n) is 13.6. The molecule has 8 nitrogen and oxygen atoms in total. The fraction of sp³-hybridized carbons (Fsp3) is 0.125. The van der Waals surface area contributed by atoms with E-state index in [1.54, 1.807) is 37.4 Å². The van der Waals surface area contributed by atoms with Crippen molar-refractivity contribution in [2.45, 2.75) is 6.54 Å². The van der Waals surface area contributed by atoms with E-state index in [1.807, 2.05) is 12.1 Å². The number of hydrogen-bond acceptors (Lipinski definition) is 5. The molecule has 2 N–H and O–H groups in total. The Kier molecular flexibility index (Phi) is 5.55. The normalized spacial score (nSPS) is 10.4. The van der Waals surface area contributed by atoms with Crippen LogP contribution in [0.3, 0.4) is 0 Å². The molecule has 3 rings (SSSR count). The van der Waals surface area contributed by atoms with Gasteiger partial charge in [0.15, 0.2) is 5.82 Å². The summed E-state index contributed by atoms with van der Waals surface area (Å²) in [5.41, 5.74) is 1.27. The average molecular weight is 393 g/mol. The Morgan fingerprint density at radius 1 is 1.15 bits per heavy atom. The Bertz CT molecular complexity index is 913. The molecule has 0 radical (unpaired) electrons. The molecule has 0 aliphatic carbocycles. The van der Waals surface area contributed by atoms with Gasteiger partial charge in [0.2, 0.25) is 0 Å². The molecule has 10 heteroatoms. The number of hydrogen-bond donors (Lipinski definition) is 2. The number of methoxy groups -OCH3 is 1. The molecule has 0 aliphatic rings. The first-order valence-corrected chi connectivity index (χ1v) is 8.24.